The van der Waals surface area contributed by atoms with Crippen LogP contribution in [0.25, 0.3) is 10.8 Å². The zero-order valence-electron chi connectivity index (χ0n) is 16.9. The second-order valence-corrected chi connectivity index (χ2v) is 12.4. The van der Waals surface area contributed by atoms with Crippen molar-refractivity contribution in [1.29, 1.82) is 0 Å². The third-order valence-corrected chi connectivity index (χ3v) is 10.2. The lowest BCUT2D eigenvalue weighted by Crippen LogP contribution is -2.35. The first-order chi connectivity index (χ1) is 15.3. The Morgan fingerprint density at radius 3 is 2.41 bits per heavy atom. The van der Waals surface area contributed by atoms with E-state index in [2.05, 4.69) is 4.72 Å². The van der Waals surface area contributed by atoms with E-state index >= 15 is 0 Å². The maximum atomic E-state index is 13.0. The maximum Gasteiger partial charge on any atom is 0.261 e. The van der Waals surface area contributed by atoms with Gasteiger partial charge in [0.25, 0.3) is 20.0 Å². The Morgan fingerprint density at radius 1 is 0.812 bits per heavy atom. The van der Waals surface area contributed by atoms with E-state index < -0.39 is 20.0 Å². The molecule has 0 unspecified atom stereocenters. The number of hydrogen-bond donors (Lipinski definition) is 1. The van der Waals surface area contributed by atoms with Crippen LogP contribution in [0.3, 0.4) is 0 Å². The van der Waals surface area contributed by atoms with Crippen LogP contribution in [-0.2, 0) is 33.0 Å². The van der Waals surface area contributed by atoms with Crippen LogP contribution in [0, 0.1) is 0 Å². The summed E-state index contributed by atoms with van der Waals surface area (Å²) < 4.78 is 56.1. The first-order valence-corrected chi connectivity index (χ1v) is 13.8. The van der Waals surface area contributed by atoms with Crippen LogP contribution in [0.1, 0.15) is 11.1 Å². The number of benzene rings is 3. The fraction of sp³-hybridized carbons (Fsp3) is 0.130. The smallest absolute Gasteiger partial charge is 0.261 e. The molecular weight excluding hydrogens is 464 g/mol. The van der Waals surface area contributed by atoms with Gasteiger partial charge >= 0.3 is 0 Å². The summed E-state index contributed by atoms with van der Waals surface area (Å²) in [7, 11) is -7.35. The SMILES string of the molecule is O=S(=O)(Nc1ccc2c(c1)CN(S(=O)(=O)c1cccs1)CC2)c1ccc2ccccc2c1. The second-order valence-electron chi connectivity index (χ2n) is 7.62. The Labute approximate surface area is 191 Å². The van der Waals surface area contributed by atoms with Gasteiger partial charge in [-0.2, -0.15) is 4.31 Å². The number of hydrogen-bond acceptors (Lipinski definition) is 5. The monoisotopic (exact) mass is 484 g/mol. The molecule has 0 aliphatic carbocycles. The summed E-state index contributed by atoms with van der Waals surface area (Å²) >= 11 is 1.19. The lowest BCUT2D eigenvalue weighted by molar-refractivity contribution is 0.392. The molecule has 0 fully saturated rings. The molecule has 1 aromatic heterocycles. The molecular formula is C23H20N2O4S3. The summed E-state index contributed by atoms with van der Waals surface area (Å²) in [6.07, 6.45) is 0.581. The van der Waals surface area contributed by atoms with Crippen molar-refractivity contribution in [3.05, 3.63) is 89.3 Å². The van der Waals surface area contributed by atoms with Crippen molar-refractivity contribution < 1.29 is 16.8 Å². The highest BCUT2D eigenvalue weighted by Crippen LogP contribution is 2.29. The summed E-state index contributed by atoms with van der Waals surface area (Å²) in [5, 5.41) is 3.55. The third-order valence-electron chi connectivity index (χ3n) is 5.56. The van der Waals surface area contributed by atoms with Gasteiger partial charge in [-0.15, -0.1) is 11.3 Å². The largest absolute Gasteiger partial charge is 0.280 e. The number of fused-ring (bicyclic) bond motifs is 2. The molecule has 0 amide bonds. The van der Waals surface area contributed by atoms with Gasteiger partial charge in [0.2, 0.25) is 0 Å². The normalized spacial score (nSPS) is 14.9. The standard InChI is InChI=1S/C23H20N2O4S3/c26-31(27,22-10-8-17-4-1-2-5-19(17)15-22)24-21-9-7-18-11-12-25(16-20(18)14-21)32(28,29)23-6-3-13-30-23/h1-10,13-15,24H,11-12,16H2. The number of nitrogens with zero attached hydrogens (tertiary/aromatic N) is 1. The van der Waals surface area contributed by atoms with Crippen molar-refractivity contribution in [2.24, 2.45) is 0 Å². The Morgan fingerprint density at radius 2 is 1.62 bits per heavy atom. The number of anilines is 1. The predicted molar refractivity (Wildman–Crippen MR) is 127 cm³/mol. The van der Waals surface area contributed by atoms with Crippen molar-refractivity contribution in [1.82, 2.24) is 4.31 Å². The number of rotatable bonds is 5. The van der Waals surface area contributed by atoms with E-state index in [1.807, 2.05) is 30.3 Å². The summed E-state index contributed by atoms with van der Waals surface area (Å²) in [4.78, 5) is 0.177. The molecule has 1 aliphatic rings. The van der Waals surface area contributed by atoms with E-state index in [0.717, 1.165) is 21.9 Å². The maximum absolute atomic E-state index is 13.0. The summed E-state index contributed by atoms with van der Waals surface area (Å²) in [5.41, 5.74) is 2.23. The molecule has 0 radical (unpaired) electrons. The Hall–Kier alpha value is -2.72. The Bertz CT molecular complexity index is 1510. The van der Waals surface area contributed by atoms with Crippen molar-refractivity contribution >= 4 is 47.8 Å². The molecule has 3 aromatic carbocycles. The van der Waals surface area contributed by atoms with Gasteiger partial charge in [-0.3, -0.25) is 4.72 Å². The average Bonchev–Trinajstić information content (AvgIpc) is 3.34. The topological polar surface area (TPSA) is 83.6 Å². The van der Waals surface area contributed by atoms with Gasteiger partial charge in [-0.25, -0.2) is 16.8 Å². The number of sulfonamides is 2. The highest BCUT2D eigenvalue weighted by molar-refractivity contribution is 7.92. The molecule has 0 saturated heterocycles. The Kier molecular flexibility index (Phi) is 5.29. The third kappa shape index (κ3) is 3.93. The molecule has 9 heteroatoms. The average molecular weight is 485 g/mol. The van der Waals surface area contributed by atoms with Gasteiger partial charge in [-0.1, -0.05) is 42.5 Å². The summed E-state index contributed by atoms with van der Waals surface area (Å²) in [6.45, 7) is 0.608. The van der Waals surface area contributed by atoms with Crippen LogP contribution < -0.4 is 4.72 Å². The minimum Gasteiger partial charge on any atom is -0.280 e. The van der Waals surface area contributed by atoms with Gasteiger partial charge in [0, 0.05) is 18.8 Å². The van der Waals surface area contributed by atoms with Gasteiger partial charge in [0.05, 0.1) is 4.90 Å². The molecule has 32 heavy (non-hydrogen) atoms. The molecule has 164 valence electrons. The lowest BCUT2D eigenvalue weighted by atomic mass is 10.0. The molecule has 1 aliphatic heterocycles. The van der Waals surface area contributed by atoms with Crippen molar-refractivity contribution in [2.45, 2.75) is 22.1 Å². The summed E-state index contributed by atoms with van der Waals surface area (Å²) in [5.74, 6) is 0. The van der Waals surface area contributed by atoms with Crippen LogP contribution in [0.15, 0.2) is 87.3 Å². The fourth-order valence-corrected chi connectivity index (χ4v) is 7.53. The van der Waals surface area contributed by atoms with E-state index in [4.69, 9.17) is 0 Å². The van der Waals surface area contributed by atoms with E-state index in [-0.39, 0.29) is 11.4 Å². The highest BCUT2D eigenvalue weighted by Gasteiger charge is 2.29. The molecule has 0 spiro atoms. The fourth-order valence-electron chi connectivity index (χ4n) is 3.89. The quantitative estimate of drug-likeness (QED) is 0.454. The minimum atomic E-state index is -3.79. The van der Waals surface area contributed by atoms with Crippen molar-refractivity contribution in [2.75, 3.05) is 11.3 Å². The van der Waals surface area contributed by atoms with Gasteiger partial charge < -0.3 is 0 Å². The van der Waals surface area contributed by atoms with Gasteiger partial charge in [0.1, 0.15) is 4.21 Å². The van der Waals surface area contributed by atoms with Crippen LogP contribution >= 0.6 is 11.3 Å². The zero-order valence-corrected chi connectivity index (χ0v) is 19.4. The highest BCUT2D eigenvalue weighted by atomic mass is 32.2. The molecule has 5 rings (SSSR count). The zero-order chi connectivity index (χ0) is 22.3. The van der Waals surface area contributed by atoms with Gasteiger partial charge in [0.15, 0.2) is 0 Å². The van der Waals surface area contributed by atoms with Crippen LogP contribution in [0.2, 0.25) is 0 Å². The molecule has 0 saturated carbocycles. The predicted octanol–water partition coefficient (Wildman–Crippen LogP) is 4.45. The minimum absolute atomic E-state index is 0.177. The molecule has 0 atom stereocenters. The first-order valence-electron chi connectivity index (χ1n) is 10.00. The second kappa shape index (κ2) is 8.00. The molecule has 0 bridgehead atoms. The molecule has 6 nitrogen and oxygen atoms in total. The van der Waals surface area contributed by atoms with E-state index in [1.165, 1.54) is 15.6 Å². The number of thiophene rings is 1. The Balaban J connectivity index is 1.41. The molecule has 1 N–H and O–H groups in total. The van der Waals surface area contributed by atoms with Gasteiger partial charge in [-0.05, 0) is 64.0 Å². The summed E-state index contributed by atoms with van der Waals surface area (Å²) in [6, 6.07) is 21.2. The molecule has 2 heterocycles. The van der Waals surface area contributed by atoms with E-state index in [9.17, 15) is 16.8 Å². The van der Waals surface area contributed by atoms with Crippen molar-refractivity contribution in [3.63, 3.8) is 0 Å². The first kappa shape index (κ1) is 21.1. The van der Waals surface area contributed by atoms with Crippen molar-refractivity contribution in [3.8, 4) is 0 Å². The lowest BCUT2D eigenvalue weighted by Gasteiger charge is -2.28. The van der Waals surface area contributed by atoms with Crippen LogP contribution in [0.4, 0.5) is 5.69 Å². The number of nitrogens with one attached hydrogen (secondary N) is 1. The van der Waals surface area contributed by atoms with Crippen LogP contribution in [0.5, 0.6) is 0 Å². The van der Waals surface area contributed by atoms with Crippen LogP contribution in [-0.4, -0.2) is 27.7 Å². The van der Waals surface area contributed by atoms with E-state index in [0.29, 0.717) is 22.9 Å². The van der Waals surface area contributed by atoms with E-state index in [1.54, 1.807) is 47.8 Å². The molecule has 4 aromatic rings.